The molecule has 2 amide bonds. The number of H-pyrrole nitrogens is 1. The van der Waals surface area contributed by atoms with Gasteiger partial charge in [0.1, 0.15) is 0 Å². The molecule has 0 aliphatic carbocycles. The molecule has 1 aliphatic rings. The van der Waals surface area contributed by atoms with Crippen LogP contribution in [0.25, 0.3) is 10.9 Å². The first kappa shape index (κ1) is 18.2. The van der Waals surface area contributed by atoms with E-state index < -0.39 is 0 Å². The number of hydrogen-bond acceptors (Lipinski definition) is 5. The van der Waals surface area contributed by atoms with Crippen LogP contribution in [0.4, 0.5) is 0 Å². The Kier molecular flexibility index (Phi) is 4.85. The van der Waals surface area contributed by atoms with E-state index in [0.717, 1.165) is 16.5 Å². The van der Waals surface area contributed by atoms with E-state index in [2.05, 4.69) is 15.2 Å². The Balaban J connectivity index is 1.35. The molecule has 8 heteroatoms. The van der Waals surface area contributed by atoms with E-state index in [0.29, 0.717) is 38.5 Å². The van der Waals surface area contributed by atoms with Gasteiger partial charge in [0.15, 0.2) is 0 Å². The fourth-order valence-corrected chi connectivity index (χ4v) is 3.40. The van der Waals surface area contributed by atoms with E-state index in [4.69, 9.17) is 4.42 Å². The number of aromatic nitrogens is 3. The molecule has 0 saturated carbocycles. The monoisotopic (exact) mass is 381 g/mol. The molecule has 0 unspecified atom stereocenters. The minimum absolute atomic E-state index is 0.0160. The molecule has 0 bridgehead atoms. The van der Waals surface area contributed by atoms with Crippen LogP contribution in [-0.4, -0.2) is 63.0 Å². The number of fused-ring (bicyclic) bond motifs is 1. The first-order chi connectivity index (χ1) is 13.5. The number of benzene rings is 1. The molecule has 28 heavy (non-hydrogen) atoms. The number of para-hydroxylation sites is 1. The molecule has 4 rings (SSSR count). The molecular formula is C20H23N5O3. The van der Waals surface area contributed by atoms with Crippen LogP contribution >= 0.6 is 0 Å². The minimum atomic E-state index is -0.275. The highest BCUT2D eigenvalue weighted by Gasteiger charge is 2.28. The third-order valence-corrected chi connectivity index (χ3v) is 5.05. The molecular weight excluding hydrogens is 358 g/mol. The molecule has 0 spiro atoms. The largest absolute Gasteiger partial charge is 0.417 e. The van der Waals surface area contributed by atoms with E-state index in [1.165, 1.54) is 0 Å². The molecule has 1 saturated heterocycles. The molecule has 1 aliphatic heterocycles. The minimum Gasteiger partial charge on any atom is -0.417 e. The molecule has 0 atom stereocenters. The Morgan fingerprint density at radius 2 is 1.82 bits per heavy atom. The van der Waals surface area contributed by atoms with Crippen LogP contribution < -0.4 is 0 Å². The quantitative estimate of drug-likeness (QED) is 0.747. The molecule has 2 aromatic heterocycles. The number of amides is 2. The summed E-state index contributed by atoms with van der Waals surface area (Å²) >= 11 is 0. The van der Waals surface area contributed by atoms with Crippen LogP contribution in [0.15, 0.2) is 34.9 Å². The summed E-state index contributed by atoms with van der Waals surface area (Å²) < 4.78 is 5.45. The highest BCUT2D eigenvalue weighted by molar-refractivity contribution is 5.90. The van der Waals surface area contributed by atoms with Crippen molar-refractivity contribution >= 4 is 22.7 Å². The molecule has 146 valence electrons. The Labute approximate surface area is 162 Å². The van der Waals surface area contributed by atoms with Gasteiger partial charge in [-0.1, -0.05) is 32.0 Å². The average molecular weight is 381 g/mol. The molecule has 1 fully saturated rings. The highest BCUT2D eigenvalue weighted by atomic mass is 16.4. The number of rotatable bonds is 4. The zero-order valence-electron chi connectivity index (χ0n) is 16.0. The third-order valence-electron chi connectivity index (χ3n) is 5.05. The number of aromatic amines is 1. The maximum absolute atomic E-state index is 12.7. The van der Waals surface area contributed by atoms with Crippen molar-refractivity contribution in [2.45, 2.75) is 26.2 Å². The summed E-state index contributed by atoms with van der Waals surface area (Å²) in [5.41, 5.74) is 2.02. The number of carbonyl (C=O) groups excluding carboxylic acids is 2. The van der Waals surface area contributed by atoms with Crippen molar-refractivity contribution in [2.75, 3.05) is 26.2 Å². The predicted octanol–water partition coefficient (Wildman–Crippen LogP) is 2.20. The lowest BCUT2D eigenvalue weighted by atomic mass is 10.1. The van der Waals surface area contributed by atoms with Gasteiger partial charge < -0.3 is 19.2 Å². The molecule has 1 N–H and O–H groups in total. The summed E-state index contributed by atoms with van der Waals surface area (Å²) in [4.78, 5) is 31.9. The van der Waals surface area contributed by atoms with Crippen LogP contribution in [0.1, 0.15) is 41.9 Å². The second-order valence-corrected chi connectivity index (χ2v) is 7.31. The van der Waals surface area contributed by atoms with Crippen molar-refractivity contribution in [3.05, 3.63) is 47.8 Å². The summed E-state index contributed by atoms with van der Waals surface area (Å²) in [6.07, 6.45) is 2.24. The van der Waals surface area contributed by atoms with Gasteiger partial charge in [-0.05, 0) is 11.6 Å². The Hall–Kier alpha value is -3.16. The lowest BCUT2D eigenvalue weighted by molar-refractivity contribution is -0.131. The van der Waals surface area contributed by atoms with Crippen LogP contribution in [-0.2, 0) is 11.2 Å². The van der Waals surface area contributed by atoms with Gasteiger partial charge in [-0.15, -0.1) is 10.2 Å². The highest BCUT2D eigenvalue weighted by Crippen LogP contribution is 2.19. The van der Waals surface area contributed by atoms with Gasteiger partial charge >= 0.3 is 11.8 Å². The topological polar surface area (TPSA) is 95.3 Å². The van der Waals surface area contributed by atoms with Crippen LogP contribution in [0.5, 0.6) is 0 Å². The standard InChI is InChI=1S/C20H23N5O3/c1-13(2)18-22-23-19(28-18)20(27)25-9-7-24(8-10-25)17(26)11-14-12-21-16-6-4-3-5-15(14)16/h3-6,12-13,21H,7-11H2,1-2H3. The summed E-state index contributed by atoms with van der Waals surface area (Å²) in [7, 11) is 0. The van der Waals surface area contributed by atoms with Crippen LogP contribution in [0.2, 0.25) is 0 Å². The number of nitrogens with zero attached hydrogens (tertiary/aromatic N) is 4. The van der Waals surface area contributed by atoms with E-state index >= 15 is 0 Å². The van der Waals surface area contributed by atoms with Crippen molar-refractivity contribution in [3.8, 4) is 0 Å². The van der Waals surface area contributed by atoms with Gasteiger partial charge in [-0.3, -0.25) is 9.59 Å². The number of carbonyl (C=O) groups is 2. The van der Waals surface area contributed by atoms with Gasteiger partial charge in [-0.2, -0.15) is 0 Å². The molecule has 3 heterocycles. The van der Waals surface area contributed by atoms with Gasteiger partial charge in [0.2, 0.25) is 11.8 Å². The summed E-state index contributed by atoms with van der Waals surface area (Å²) in [5, 5.41) is 8.83. The lowest BCUT2D eigenvalue weighted by Crippen LogP contribution is -2.51. The fourth-order valence-electron chi connectivity index (χ4n) is 3.40. The number of piperazine rings is 1. The van der Waals surface area contributed by atoms with Crippen molar-refractivity contribution in [3.63, 3.8) is 0 Å². The maximum Gasteiger partial charge on any atom is 0.311 e. The number of hydrogen-bond donors (Lipinski definition) is 1. The van der Waals surface area contributed by atoms with Crippen molar-refractivity contribution in [1.29, 1.82) is 0 Å². The lowest BCUT2D eigenvalue weighted by Gasteiger charge is -2.34. The van der Waals surface area contributed by atoms with Gasteiger partial charge in [0, 0.05) is 49.2 Å². The third kappa shape index (κ3) is 3.49. The van der Waals surface area contributed by atoms with Crippen LogP contribution in [0.3, 0.4) is 0 Å². The first-order valence-electron chi connectivity index (χ1n) is 9.48. The Morgan fingerprint density at radius 3 is 2.54 bits per heavy atom. The molecule has 0 radical (unpaired) electrons. The van der Waals surface area contributed by atoms with Gasteiger partial charge in [0.25, 0.3) is 0 Å². The molecule has 1 aromatic carbocycles. The first-order valence-corrected chi connectivity index (χ1v) is 9.48. The van der Waals surface area contributed by atoms with E-state index in [-0.39, 0.29) is 23.6 Å². The number of nitrogens with one attached hydrogen (secondary N) is 1. The zero-order chi connectivity index (χ0) is 19.7. The Bertz CT molecular complexity index is 998. The second kappa shape index (κ2) is 7.46. The van der Waals surface area contributed by atoms with E-state index in [9.17, 15) is 9.59 Å². The summed E-state index contributed by atoms with van der Waals surface area (Å²) in [6.45, 7) is 5.77. The van der Waals surface area contributed by atoms with E-state index in [1.807, 2.05) is 44.3 Å². The normalized spacial score (nSPS) is 14.8. The maximum atomic E-state index is 12.7. The van der Waals surface area contributed by atoms with Crippen molar-refractivity contribution < 1.29 is 14.0 Å². The smallest absolute Gasteiger partial charge is 0.311 e. The Morgan fingerprint density at radius 1 is 1.11 bits per heavy atom. The molecule has 8 nitrogen and oxygen atoms in total. The van der Waals surface area contributed by atoms with Gasteiger partial charge in [0.05, 0.1) is 6.42 Å². The second-order valence-electron chi connectivity index (χ2n) is 7.31. The van der Waals surface area contributed by atoms with Crippen molar-refractivity contribution in [2.24, 2.45) is 0 Å². The summed E-state index contributed by atoms with van der Waals surface area (Å²) in [6, 6.07) is 7.95. The zero-order valence-corrected chi connectivity index (χ0v) is 16.0. The molecule has 3 aromatic rings. The average Bonchev–Trinajstić information content (AvgIpc) is 3.36. The SMILES string of the molecule is CC(C)c1nnc(C(=O)N2CCN(C(=O)Cc3c[nH]c4ccccc34)CC2)o1. The summed E-state index contributed by atoms with van der Waals surface area (Å²) in [5.74, 6) is 0.339. The predicted molar refractivity (Wildman–Crippen MR) is 103 cm³/mol. The van der Waals surface area contributed by atoms with Gasteiger partial charge in [-0.25, -0.2) is 0 Å². The van der Waals surface area contributed by atoms with E-state index in [1.54, 1.807) is 9.80 Å². The van der Waals surface area contributed by atoms with Crippen LogP contribution in [0, 0.1) is 0 Å². The fraction of sp³-hybridized carbons (Fsp3) is 0.400. The van der Waals surface area contributed by atoms with Crippen molar-refractivity contribution in [1.82, 2.24) is 25.0 Å².